The van der Waals surface area contributed by atoms with Gasteiger partial charge in [0.15, 0.2) is 0 Å². The topological polar surface area (TPSA) is 21.7 Å². The zero-order valence-corrected chi connectivity index (χ0v) is 10.9. The minimum atomic E-state index is 0.346. The molecule has 1 heterocycles. The maximum atomic E-state index is 5.99. The van der Waals surface area contributed by atoms with Gasteiger partial charge in [-0.2, -0.15) is 0 Å². The van der Waals surface area contributed by atoms with Crippen LogP contribution in [0.3, 0.4) is 0 Å². The summed E-state index contributed by atoms with van der Waals surface area (Å²) in [5, 5.41) is 0. The van der Waals surface area contributed by atoms with Crippen molar-refractivity contribution in [1.82, 2.24) is 4.90 Å². The first kappa shape index (κ1) is 12.2. The molecule has 0 unspecified atom stereocenters. The standard InChI is InChI=1S/C14H21NO2/c1-11-4-5-13(10-14(11)16-3)17-12-6-8-15(2)9-7-12/h4-5,10,12H,6-9H2,1-3H3. The lowest BCUT2D eigenvalue weighted by Gasteiger charge is -2.29. The molecule has 0 atom stereocenters. The predicted molar refractivity (Wildman–Crippen MR) is 68.9 cm³/mol. The lowest BCUT2D eigenvalue weighted by atomic mass is 10.1. The summed E-state index contributed by atoms with van der Waals surface area (Å²) >= 11 is 0. The first-order valence-electron chi connectivity index (χ1n) is 6.19. The summed E-state index contributed by atoms with van der Waals surface area (Å²) in [4.78, 5) is 2.34. The van der Waals surface area contributed by atoms with E-state index in [0.717, 1.165) is 43.0 Å². The van der Waals surface area contributed by atoms with Crippen LogP contribution in [0.4, 0.5) is 0 Å². The molecule has 94 valence electrons. The molecule has 0 N–H and O–H groups in total. The first-order valence-corrected chi connectivity index (χ1v) is 6.19. The van der Waals surface area contributed by atoms with Crippen LogP contribution in [0.15, 0.2) is 18.2 Å². The molecule has 3 nitrogen and oxygen atoms in total. The Balaban J connectivity index is 1.99. The predicted octanol–water partition coefficient (Wildman–Crippen LogP) is 2.48. The number of nitrogens with zero attached hydrogens (tertiary/aromatic N) is 1. The van der Waals surface area contributed by atoms with Gasteiger partial charge in [0.05, 0.1) is 7.11 Å². The second-order valence-electron chi connectivity index (χ2n) is 4.75. The molecule has 2 rings (SSSR count). The fraction of sp³-hybridized carbons (Fsp3) is 0.571. The van der Waals surface area contributed by atoms with Crippen LogP contribution in [0.25, 0.3) is 0 Å². The van der Waals surface area contributed by atoms with Crippen molar-refractivity contribution in [2.75, 3.05) is 27.2 Å². The van der Waals surface area contributed by atoms with Crippen LogP contribution in [0.5, 0.6) is 11.5 Å². The SMILES string of the molecule is COc1cc(OC2CCN(C)CC2)ccc1C. The van der Waals surface area contributed by atoms with Crippen molar-refractivity contribution < 1.29 is 9.47 Å². The smallest absolute Gasteiger partial charge is 0.125 e. The molecule has 1 fully saturated rings. The third kappa shape index (κ3) is 3.13. The number of piperidine rings is 1. The monoisotopic (exact) mass is 235 g/mol. The van der Waals surface area contributed by atoms with Gasteiger partial charge >= 0.3 is 0 Å². The van der Waals surface area contributed by atoms with Crippen LogP contribution in [-0.4, -0.2) is 38.3 Å². The Labute approximate surface area is 103 Å². The molecule has 0 radical (unpaired) electrons. The van der Waals surface area contributed by atoms with Gasteiger partial charge in [-0.15, -0.1) is 0 Å². The maximum absolute atomic E-state index is 5.99. The van der Waals surface area contributed by atoms with Crippen LogP contribution in [0, 0.1) is 6.92 Å². The molecule has 17 heavy (non-hydrogen) atoms. The molecule has 0 saturated carbocycles. The molecular formula is C14H21NO2. The van der Waals surface area contributed by atoms with Gasteiger partial charge < -0.3 is 14.4 Å². The highest BCUT2D eigenvalue weighted by molar-refractivity contribution is 5.39. The molecule has 0 aromatic heterocycles. The summed E-state index contributed by atoms with van der Waals surface area (Å²) in [6, 6.07) is 6.05. The average Bonchev–Trinajstić information content (AvgIpc) is 2.34. The first-order chi connectivity index (χ1) is 8.19. The van der Waals surface area contributed by atoms with E-state index in [4.69, 9.17) is 9.47 Å². The average molecular weight is 235 g/mol. The number of aryl methyl sites for hydroxylation is 1. The maximum Gasteiger partial charge on any atom is 0.125 e. The Hall–Kier alpha value is -1.22. The molecule has 0 amide bonds. The molecular weight excluding hydrogens is 214 g/mol. The Morgan fingerprint density at radius 3 is 2.59 bits per heavy atom. The summed E-state index contributed by atoms with van der Waals surface area (Å²) in [5.74, 6) is 1.82. The number of methoxy groups -OCH3 is 1. The van der Waals surface area contributed by atoms with Gasteiger partial charge in [-0.05, 0) is 38.4 Å². The second kappa shape index (κ2) is 5.41. The number of likely N-dealkylation sites (tertiary alicyclic amines) is 1. The summed E-state index contributed by atoms with van der Waals surface area (Å²) in [6.45, 7) is 4.28. The van der Waals surface area contributed by atoms with Crippen molar-refractivity contribution in [3.8, 4) is 11.5 Å². The molecule has 1 saturated heterocycles. The van der Waals surface area contributed by atoms with Crippen LogP contribution in [0.2, 0.25) is 0 Å². The Kier molecular flexibility index (Phi) is 3.89. The van der Waals surface area contributed by atoms with E-state index in [0.29, 0.717) is 6.10 Å². The van der Waals surface area contributed by atoms with Crippen molar-refractivity contribution >= 4 is 0 Å². The number of ether oxygens (including phenoxy) is 2. The minimum absolute atomic E-state index is 0.346. The minimum Gasteiger partial charge on any atom is -0.496 e. The highest BCUT2D eigenvalue weighted by atomic mass is 16.5. The normalized spacial score (nSPS) is 18.1. The molecule has 1 aromatic rings. The highest BCUT2D eigenvalue weighted by Crippen LogP contribution is 2.26. The van der Waals surface area contributed by atoms with Gasteiger partial charge in [0.2, 0.25) is 0 Å². The van der Waals surface area contributed by atoms with Crippen LogP contribution in [-0.2, 0) is 0 Å². The molecule has 0 bridgehead atoms. The summed E-state index contributed by atoms with van der Waals surface area (Å²) in [7, 11) is 3.85. The molecule has 3 heteroatoms. The van der Waals surface area contributed by atoms with Crippen molar-refractivity contribution in [2.24, 2.45) is 0 Å². The van der Waals surface area contributed by atoms with E-state index in [9.17, 15) is 0 Å². The zero-order chi connectivity index (χ0) is 12.3. The van der Waals surface area contributed by atoms with Crippen LogP contribution < -0.4 is 9.47 Å². The fourth-order valence-electron chi connectivity index (χ4n) is 2.17. The van der Waals surface area contributed by atoms with Crippen molar-refractivity contribution in [2.45, 2.75) is 25.9 Å². The fourth-order valence-corrected chi connectivity index (χ4v) is 2.17. The van der Waals surface area contributed by atoms with E-state index in [2.05, 4.69) is 11.9 Å². The highest BCUT2D eigenvalue weighted by Gasteiger charge is 2.18. The van der Waals surface area contributed by atoms with Crippen molar-refractivity contribution in [1.29, 1.82) is 0 Å². The summed E-state index contributed by atoms with van der Waals surface area (Å²) in [6.07, 6.45) is 2.55. The van der Waals surface area contributed by atoms with Gasteiger partial charge in [0, 0.05) is 19.2 Å². The van der Waals surface area contributed by atoms with E-state index in [1.807, 2.05) is 25.1 Å². The molecule has 1 aliphatic heterocycles. The number of hydrogen-bond acceptors (Lipinski definition) is 3. The molecule has 1 aliphatic rings. The van der Waals surface area contributed by atoms with Crippen molar-refractivity contribution in [3.63, 3.8) is 0 Å². The summed E-state index contributed by atoms with van der Waals surface area (Å²) in [5.41, 5.74) is 1.14. The molecule has 1 aromatic carbocycles. The quantitative estimate of drug-likeness (QED) is 0.803. The number of hydrogen-bond donors (Lipinski definition) is 0. The van der Waals surface area contributed by atoms with Gasteiger partial charge in [-0.3, -0.25) is 0 Å². The van der Waals surface area contributed by atoms with Crippen LogP contribution >= 0.6 is 0 Å². The Morgan fingerprint density at radius 2 is 1.94 bits per heavy atom. The lowest BCUT2D eigenvalue weighted by Crippen LogP contribution is -2.35. The van der Waals surface area contributed by atoms with E-state index in [1.165, 1.54) is 0 Å². The van der Waals surface area contributed by atoms with Gasteiger partial charge in [0.1, 0.15) is 17.6 Å². The van der Waals surface area contributed by atoms with Crippen molar-refractivity contribution in [3.05, 3.63) is 23.8 Å². The third-order valence-corrected chi connectivity index (χ3v) is 3.35. The Morgan fingerprint density at radius 1 is 1.24 bits per heavy atom. The molecule has 0 aliphatic carbocycles. The van der Waals surface area contributed by atoms with Gasteiger partial charge in [0.25, 0.3) is 0 Å². The zero-order valence-electron chi connectivity index (χ0n) is 10.9. The number of rotatable bonds is 3. The third-order valence-electron chi connectivity index (χ3n) is 3.35. The van der Waals surface area contributed by atoms with E-state index < -0.39 is 0 Å². The largest absolute Gasteiger partial charge is 0.496 e. The van der Waals surface area contributed by atoms with E-state index in [-0.39, 0.29) is 0 Å². The van der Waals surface area contributed by atoms with Gasteiger partial charge in [-0.25, -0.2) is 0 Å². The van der Waals surface area contributed by atoms with Crippen LogP contribution in [0.1, 0.15) is 18.4 Å². The number of benzene rings is 1. The molecule has 0 spiro atoms. The van der Waals surface area contributed by atoms with Gasteiger partial charge in [-0.1, -0.05) is 6.07 Å². The second-order valence-corrected chi connectivity index (χ2v) is 4.75. The van der Waals surface area contributed by atoms with E-state index >= 15 is 0 Å². The van der Waals surface area contributed by atoms with E-state index in [1.54, 1.807) is 7.11 Å². The summed E-state index contributed by atoms with van der Waals surface area (Å²) < 4.78 is 11.3. The Bertz CT molecular complexity index is 370. The lowest BCUT2D eigenvalue weighted by molar-refractivity contribution is 0.114.